The quantitative estimate of drug-likeness (QED) is 0.831. The molecule has 132 valence electrons. The normalized spacial score (nSPS) is 16.5. The molecule has 0 spiro atoms. The first-order valence-corrected chi connectivity index (χ1v) is 7.91. The van der Waals surface area contributed by atoms with Crippen LogP contribution in [0.4, 0.5) is 19.1 Å². The van der Waals surface area contributed by atoms with Crippen LogP contribution in [0.2, 0.25) is 0 Å². The van der Waals surface area contributed by atoms with Crippen molar-refractivity contribution in [3.05, 3.63) is 35.5 Å². The van der Waals surface area contributed by atoms with Crippen LogP contribution >= 0.6 is 0 Å². The van der Waals surface area contributed by atoms with E-state index in [1.807, 2.05) is 18.0 Å². The molecule has 1 aliphatic heterocycles. The molecule has 8 heteroatoms. The summed E-state index contributed by atoms with van der Waals surface area (Å²) in [5.41, 5.74) is -0.982. The van der Waals surface area contributed by atoms with Crippen LogP contribution in [0.1, 0.15) is 17.7 Å². The van der Waals surface area contributed by atoms with Gasteiger partial charge < -0.3 is 14.2 Å². The van der Waals surface area contributed by atoms with E-state index < -0.39 is 11.7 Å². The molecule has 1 aliphatic rings. The predicted octanol–water partition coefficient (Wildman–Crippen LogP) is 3.37. The molecule has 1 aromatic heterocycles. The summed E-state index contributed by atoms with van der Waals surface area (Å²) < 4.78 is 45.3. The average Bonchev–Trinajstić information content (AvgIpc) is 2.89. The molecule has 0 saturated carbocycles. The maximum Gasteiger partial charge on any atom is 0.417 e. The number of hydrogen-bond donors (Lipinski definition) is 0. The van der Waals surface area contributed by atoms with E-state index in [0.717, 1.165) is 25.6 Å². The second-order valence-corrected chi connectivity index (χ2v) is 5.97. The van der Waals surface area contributed by atoms with E-state index in [2.05, 4.69) is 9.88 Å². The zero-order valence-corrected chi connectivity index (χ0v) is 13.7. The Balaban J connectivity index is 2.01. The Morgan fingerprint density at radius 1 is 1.16 bits per heavy atom. The van der Waals surface area contributed by atoms with E-state index in [0.29, 0.717) is 13.1 Å². The molecule has 1 fully saturated rings. The monoisotopic (exact) mass is 350 g/mol. The van der Waals surface area contributed by atoms with Gasteiger partial charge in [-0.3, -0.25) is 0 Å². The second kappa shape index (κ2) is 6.76. The van der Waals surface area contributed by atoms with Crippen LogP contribution in [0.5, 0.6) is 0 Å². The number of nitrogens with zero attached hydrogens (tertiary/aromatic N) is 4. The molecule has 0 unspecified atom stereocenters. The summed E-state index contributed by atoms with van der Waals surface area (Å²) >= 11 is 0. The third-order valence-corrected chi connectivity index (χ3v) is 4.18. The smallest absolute Gasteiger partial charge is 0.417 e. The molecule has 5 nitrogen and oxygen atoms in total. The van der Waals surface area contributed by atoms with Gasteiger partial charge in [0.1, 0.15) is 6.07 Å². The first kappa shape index (κ1) is 17.3. The SMILES string of the molecule is CN1CCCN(c2oc(-c3ccccc3C(F)(F)F)nc2C#N)CC1. The third-order valence-electron chi connectivity index (χ3n) is 4.18. The van der Waals surface area contributed by atoms with Crippen LogP contribution in [-0.2, 0) is 6.18 Å². The number of hydrogen-bond acceptors (Lipinski definition) is 5. The molecular weight excluding hydrogens is 333 g/mol. The van der Waals surface area contributed by atoms with E-state index in [9.17, 15) is 18.4 Å². The van der Waals surface area contributed by atoms with Gasteiger partial charge in [-0.05, 0) is 32.1 Å². The highest BCUT2D eigenvalue weighted by Crippen LogP contribution is 2.38. The van der Waals surface area contributed by atoms with Crippen molar-refractivity contribution in [2.75, 3.05) is 38.1 Å². The van der Waals surface area contributed by atoms with Crippen LogP contribution in [0.25, 0.3) is 11.5 Å². The lowest BCUT2D eigenvalue weighted by Crippen LogP contribution is -2.28. The Morgan fingerprint density at radius 3 is 2.64 bits per heavy atom. The Kier molecular flexibility index (Phi) is 4.68. The summed E-state index contributed by atoms with van der Waals surface area (Å²) in [6.07, 6.45) is -3.65. The zero-order valence-electron chi connectivity index (χ0n) is 13.7. The van der Waals surface area contributed by atoms with Gasteiger partial charge in [0.25, 0.3) is 0 Å². The number of alkyl halides is 3. The number of anilines is 1. The van der Waals surface area contributed by atoms with Crippen LogP contribution in [-0.4, -0.2) is 43.1 Å². The summed E-state index contributed by atoms with van der Waals surface area (Å²) in [5.74, 6) is 0.0573. The molecule has 0 aliphatic carbocycles. The van der Waals surface area contributed by atoms with Crippen molar-refractivity contribution in [1.29, 1.82) is 5.26 Å². The number of halogens is 3. The number of rotatable bonds is 2. The van der Waals surface area contributed by atoms with Crippen molar-refractivity contribution >= 4 is 5.88 Å². The maximum atomic E-state index is 13.2. The van der Waals surface area contributed by atoms with Crippen molar-refractivity contribution < 1.29 is 17.6 Å². The Labute approximate surface area is 143 Å². The van der Waals surface area contributed by atoms with Crippen molar-refractivity contribution in [2.45, 2.75) is 12.6 Å². The topological polar surface area (TPSA) is 56.3 Å². The summed E-state index contributed by atoms with van der Waals surface area (Å²) in [6, 6.07) is 7.01. The zero-order chi connectivity index (χ0) is 18.0. The van der Waals surface area contributed by atoms with Crippen LogP contribution in [0, 0.1) is 11.3 Å². The molecule has 0 amide bonds. The number of nitriles is 1. The van der Waals surface area contributed by atoms with Crippen molar-refractivity contribution in [3.63, 3.8) is 0 Å². The molecular formula is C17H17F3N4O. The summed E-state index contributed by atoms with van der Waals surface area (Å²) in [4.78, 5) is 8.04. The van der Waals surface area contributed by atoms with Gasteiger partial charge in [-0.25, -0.2) is 0 Å². The number of oxazole rings is 1. The van der Waals surface area contributed by atoms with Gasteiger partial charge in [-0.15, -0.1) is 0 Å². The lowest BCUT2D eigenvalue weighted by Gasteiger charge is -2.19. The van der Waals surface area contributed by atoms with E-state index in [1.54, 1.807) is 0 Å². The van der Waals surface area contributed by atoms with Crippen molar-refractivity contribution in [3.8, 4) is 17.5 Å². The van der Waals surface area contributed by atoms with E-state index in [1.165, 1.54) is 18.2 Å². The standard InChI is InChI=1S/C17H17F3N4O/c1-23-7-4-8-24(10-9-23)16-14(11-21)22-15(25-16)12-5-2-3-6-13(12)17(18,19)20/h2-3,5-6H,4,7-10H2,1H3. The van der Waals surface area contributed by atoms with Crippen LogP contribution in [0.3, 0.4) is 0 Å². The Hall–Kier alpha value is -2.53. The minimum Gasteiger partial charge on any atom is -0.419 e. The lowest BCUT2D eigenvalue weighted by atomic mass is 10.1. The number of benzene rings is 1. The first-order chi connectivity index (χ1) is 11.9. The van der Waals surface area contributed by atoms with Gasteiger partial charge in [0.15, 0.2) is 0 Å². The molecule has 3 rings (SSSR count). The van der Waals surface area contributed by atoms with Crippen molar-refractivity contribution in [1.82, 2.24) is 9.88 Å². The number of aromatic nitrogens is 1. The Morgan fingerprint density at radius 2 is 1.92 bits per heavy atom. The third kappa shape index (κ3) is 3.61. The van der Waals surface area contributed by atoms with Gasteiger partial charge in [0.2, 0.25) is 17.5 Å². The molecule has 0 radical (unpaired) electrons. The average molecular weight is 350 g/mol. The van der Waals surface area contributed by atoms with E-state index >= 15 is 0 Å². The van der Waals surface area contributed by atoms with Crippen LogP contribution < -0.4 is 4.90 Å². The van der Waals surface area contributed by atoms with Crippen LogP contribution in [0.15, 0.2) is 28.7 Å². The molecule has 2 aromatic rings. The molecule has 0 N–H and O–H groups in total. The molecule has 2 heterocycles. The molecule has 1 saturated heterocycles. The fourth-order valence-corrected chi connectivity index (χ4v) is 2.88. The summed E-state index contributed by atoms with van der Waals surface area (Å²) in [5, 5.41) is 9.33. The summed E-state index contributed by atoms with van der Waals surface area (Å²) in [6.45, 7) is 2.98. The molecule has 1 aromatic carbocycles. The maximum absolute atomic E-state index is 13.2. The summed E-state index contributed by atoms with van der Waals surface area (Å²) in [7, 11) is 2.00. The fraction of sp³-hybridized carbons (Fsp3) is 0.412. The van der Waals surface area contributed by atoms with Gasteiger partial charge >= 0.3 is 6.18 Å². The van der Waals surface area contributed by atoms with E-state index in [4.69, 9.17) is 4.42 Å². The highest BCUT2D eigenvalue weighted by molar-refractivity contribution is 5.63. The fourth-order valence-electron chi connectivity index (χ4n) is 2.88. The second-order valence-electron chi connectivity index (χ2n) is 5.97. The number of likely N-dealkylation sites (N-methyl/N-ethyl adjacent to an activating group) is 1. The minimum absolute atomic E-state index is 0.0107. The highest BCUT2D eigenvalue weighted by atomic mass is 19.4. The van der Waals surface area contributed by atoms with Crippen molar-refractivity contribution in [2.24, 2.45) is 0 Å². The highest BCUT2D eigenvalue weighted by Gasteiger charge is 2.35. The predicted molar refractivity (Wildman–Crippen MR) is 86.0 cm³/mol. The van der Waals surface area contributed by atoms with Gasteiger partial charge in [-0.2, -0.15) is 23.4 Å². The molecule has 25 heavy (non-hydrogen) atoms. The van der Waals surface area contributed by atoms with E-state index in [-0.39, 0.29) is 23.0 Å². The molecule has 0 bridgehead atoms. The van der Waals surface area contributed by atoms with Gasteiger partial charge in [0.05, 0.1) is 5.56 Å². The van der Waals surface area contributed by atoms with Gasteiger partial charge in [-0.1, -0.05) is 12.1 Å². The van der Waals surface area contributed by atoms with Gasteiger partial charge in [0, 0.05) is 25.2 Å². The minimum atomic E-state index is -4.52. The first-order valence-electron chi connectivity index (χ1n) is 7.91. The molecule has 0 atom stereocenters. The largest absolute Gasteiger partial charge is 0.419 e. The lowest BCUT2D eigenvalue weighted by molar-refractivity contribution is -0.137. The Bertz CT molecular complexity index is 794.